The monoisotopic (exact) mass is 489 g/mol. The predicted molar refractivity (Wildman–Crippen MR) is 129 cm³/mol. The van der Waals surface area contributed by atoms with Crippen LogP contribution in [0.2, 0.25) is 0 Å². The van der Waals surface area contributed by atoms with Gasteiger partial charge in [-0.3, -0.25) is 9.69 Å². The Kier molecular flexibility index (Phi) is 7.26. The number of aliphatic imine (C=N–C) groups is 1. The highest BCUT2D eigenvalue weighted by molar-refractivity contribution is 8.13. The smallest absolute Gasteiger partial charge is 0.259 e. The Morgan fingerprint density at radius 1 is 0.970 bits per heavy atom. The van der Waals surface area contributed by atoms with Gasteiger partial charge in [0, 0.05) is 37.0 Å². The average molecular weight is 490 g/mol. The number of benzene rings is 2. The maximum Gasteiger partial charge on any atom is 0.259 e. The summed E-state index contributed by atoms with van der Waals surface area (Å²) in [6.45, 7) is 1.55. The van der Waals surface area contributed by atoms with E-state index >= 15 is 0 Å². The van der Waals surface area contributed by atoms with Crippen molar-refractivity contribution < 1.29 is 22.7 Å². The van der Waals surface area contributed by atoms with E-state index in [4.69, 9.17) is 9.47 Å². The molecule has 8 nitrogen and oxygen atoms in total. The number of rotatable bonds is 6. The summed E-state index contributed by atoms with van der Waals surface area (Å²) in [6, 6.07) is 11.6. The molecule has 0 aromatic heterocycles. The van der Waals surface area contributed by atoms with Gasteiger partial charge in [0.25, 0.3) is 5.91 Å². The molecule has 0 N–H and O–H groups in total. The average Bonchev–Trinajstić information content (AvgIpc) is 3.40. The van der Waals surface area contributed by atoms with E-state index in [9.17, 15) is 13.2 Å². The zero-order valence-electron chi connectivity index (χ0n) is 18.7. The first-order valence-corrected chi connectivity index (χ1v) is 13.2. The van der Waals surface area contributed by atoms with Crippen LogP contribution in [0.15, 0.2) is 52.4 Å². The number of hydrogen-bond donors (Lipinski definition) is 0. The van der Waals surface area contributed by atoms with E-state index in [2.05, 4.69) is 4.99 Å². The molecule has 2 aromatic rings. The number of carbonyl (C=O) groups is 1. The van der Waals surface area contributed by atoms with E-state index in [0.29, 0.717) is 47.6 Å². The van der Waals surface area contributed by atoms with Crippen molar-refractivity contribution >= 4 is 38.5 Å². The molecule has 10 heteroatoms. The molecule has 0 saturated carbocycles. The molecule has 0 unspecified atom stereocenters. The number of thioether (sulfide) groups is 1. The van der Waals surface area contributed by atoms with Gasteiger partial charge in [0.1, 0.15) is 0 Å². The third kappa shape index (κ3) is 5.02. The molecule has 176 valence electrons. The Morgan fingerprint density at radius 2 is 1.73 bits per heavy atom. The van der Waals surface area contributed by atoms with Gasteiger partial charge in [-0.25, -0.2) is 13.4 Å². The molecule has 2 fully saturated rings. The molecule has 2 aliphatic heterocycles. The molecular weight excluding hydrogens is 462 g/mol. The number of amides is 1. The lowest BCUT2D eigenvalue weighted by Gasteiger charge is -2.28. The lowest BCUT2D eigenvalue weighted by Crippen LogP contribution is -2.39. The van der Waals surface area contributed by atoms with E-state index in [1.165, 1.54) is 22.1 Å². The molecular formula is C23H27N3O5S2. The van der Waals surface area contributed by atoms with Crippen molar-refractivity contribution in [2.24, 2.45) is 4.99 Å². The van der Waals surface area contributed by atoms with Crippen LogP contribution in [-0.2, 0) is 10.0 Å². The van der Waals surface area contributed by atoms with E-state index in [1.54, 1.807) is 55.5 Å². The summed E-state index contributed by atoms with van der Waals surface area (Å²) in [5.41, 5.74) is 0.970. The number of methoxy groups -OCH3 is 2. The Morgan fingerprint density at radius 3 is 2.45 bits per heavy atom. The summed E-state index contributed by atoms with van der Waals surface area (Å²) in [7, 11) is -0.473. The Bertz CT molecular complexity index is 1160. The van der Waals surface area contributed by atoms with Crippen LogP contribution in [0.5, 0.6) is 11.5 Å². The topological polar surface area (TPSA) is 88.5 Å². The van der Waals surface area contributed by atoms with Gasteiger partial charge in [-0.05, 0) is 49.6 Å². The number of carbonyl (C=O) groups excluding carboxylic acids is 1. The maximum absolute atomic E-state index is 13.4. The third-order valence-electron chi connectivity index (χ3n) is 5.61. The second-order valence-electron chi connectivity index (χ2n) is 7.73. The summed E-state index contributed by atoms with van der Waals surface area (Å²) in [6.07, 6.45) is 2.55. The summed E-state index contributed by atoms with van der Waals surface area (Å²) in [5.74, 6) is 1.73. The number of amidine groups is 1. The van der Waals surface area contributed by atoms with Crippen LogP contribution >= 0.6 is 11.8 Å². The molecule has 2 aromatic carbocycles. The fraction of sp³-hybridized carbons (Fsp3) is 0.391. The zero-order chi connectivity index (χ0) is 23.4. The summed E-state index contributed by atoms with van der Waals surface area (Å²) < 4.78 is 38.0. The summed E-state index contributed by atoms with van der Waals surface area (Å²) in [5, 5.41) is 0.575. The molecule has 0 atom stereocenters. The number of hydrogen-bond acceptors (Lipinski definition) is 7. The van der Waals surface area contributed by atoms with Gasteiger partial charge in [0.2, 0.25) is 10.0 Å². The molecule has 2 heterocycles. The van der Waals surface area contributed by atoms with Gasteiger partial charge in [0.05, 0.1) is 24.8 Å². The van der Waals surface area contributed by atoms with E-state index in [1.807, 2.05) is 0 Å². The minimum Gasteiger partial charge on any atom is -0.493 e. The van der Waals surface area contributed by atoms with E-state index in [-0.39, 0.29) is 10.8 Å². The van der Waals surface area contributed by atoms with Crippen molar-refractivity contribution in [3.05, 3.63) is 48.0 Å². The number of nitrogens with zero attached hydrogens (tertiary/aromatic N) is 3. The van der Waals surface area contributed by atoms with Crippen molar-refractivity contribution in [1.29, 1.82) is 0 Å². The second-order valence-corrected chi connectivity index (χ2v) is 10.7. The minimum atomic E-state index is -3.60. The summed E-state index contributed by atoms with van der Waals surface area (Å²) >= 11 is 1.50. The van der Waals surface area contributed by atoms with Crippen molar-refractivity contribution in [3.8, 4) is 11.5 Å². The van der Waals surface area contributed by atoms with Crippen LogP contribution in [-0.4, -0.2) is 68.3 Å². The first kappa shape index (κ1) is 23.6. The molecule has 0 radical (unpaired) electrons. The highest BCUT2D eigenvalue weighted by Gasteiger charge is 2.29. The molecule has 33 heavy (non-hydrogen) atoms. The standard InChI is InChI=1S/C23H27N3O5S2/c1-30-20-10-9-18(16-21(20)31-2)24-23-26(13-6-14-32-23)22(27)17-7-5-8-19(15-17)33(28,29)25-11-3-4-12-25/h5,7-10,15-16H,3-4,6,11-14H2,1-2H3. The van der Waals surface area contributed by atoms with Gasteiger partial charge >= 0.3 is 0 Å². The SMILES string of the molecule is COc1ccc(N=C2SCCCN2C(=O)c2cccc(S(=O)(=O)N3CCCC3)c2)cc1OC. The lowest BCUT2D eigenvalue weighted by atomic mass is 10.2. The highest BCUT2D eigenvalue weighted by Crippen LogP contribution is 2.33. The van der Waals surface area contributed by atoms with Gasteiger partial charge < -0.3 is 9.47 Å². The van der Waals surface area contributed by atoms with Crippen molar-refractivity contribution in [3.63, 3.8) is 0 Å². The van der Waals surface area contributed by atoms with Gasteiger partial charge in [-0.1, -0.05) is 17.8 Å². The molecule has 0 spiro atoms. The zero-order valence-corrected chi connectivity index (χ0v) is 20.3. The van der Waals surface area contributed by atoms with Gasteiger partial charge in [0.15, 0.2) is 16.7 Å². The minimum absolute atomic E-state index is 0.151. The molecule has 2 saturated heterocycles. The second kappa shape index (κ2) is 10.1. The number of sulfonamides is 1. The fourth-order valence-electron chi connectivity index (χ4n) is 3.87. The van der Waals surface area contributed by atoms with Crippen molar-refractivity contribution in [1.82, 2.24) is 9.21 Å². The largest absolute Gasteiger partial charge is 0.493 e. The maximum atomic E-state index is 13.4. The van der Waals surface area contributed by atoms with Crippen molar-refractivity contribution in [2.45, 2.75) is 24.2 Å². The van der Waals surface area contributed by atoms with Crippen LogP contribution in [0.4, 0.5) is 5.69 Å². The van der Waals surface area contributed by atoms with E-state index in [0.717, 1.165) is 25.0 Å². The first-order chi connectivity index (χ1) is 15.9. The number of ether oxygens (including phenoxy) is 2. The molecule has 1 amide bonds. The van der Waals surface area contributed by atoms with Gasteiger partial charge in [-0.2, -0.15) is 4.31 Å². The van der Waals surface area contributed by atoms with Crippen LogP contribution in [0.25, 0.3) is 0 Å². The van der Waals surface area contributed by atoms with Gasteiger partial charge in [-0.15, -0.1) is 0 Å². The predicted octanol–water partition coefficient (Wildman–Crippen LogP) is 3.76. The third-order valence-corrected chi connectivity index (χ3v) is 8.57. The van der Waals surface area contributed by atoms with Crippen LogP contribution in [0.1, 0.15) is 29.6 Å². The molecule has 0 bridgehead atoms. The Labute approximate surface area is 198 Å². The van der Waals surface area contributed by atoms with E-state index < -0.39 is 10.0 Å². The molecule has 2 aliphatic rings. The normalized spacial score (nSPS) is 18.5. The van der Waals surface area contributed by atoms with Crippen molar-refractivity contribution in [2.75, 3.05) is 39.6 Å². The molecule has 4 rings (SSSR count). The summed E-state index contributed by atoms with van der Waals surface area (Å²) in [4.78, 5) is 19.9. The first-order valence-electron chi connectivity index (χ1n) is 10.8. The Balaban J connectivity index is 1.62. The highest BCUT2D eigenvalue weighted by atomic mass is 32.2. The van der Waals surface area contributed by atoms with Crippen LogP contribution < -0.4 is 9.47 Å². The Hall–Kier alpha value is -2.56. The van der Waals surface area contributed by atoms with Crippen LogP contribution in [0, 0.1) is 0 Å². The molecule has 0 aliphatic carbocycles. The van der Waals surface area contributed by atoms with Crippen LogP contribution in [0.3, 0.4) is 0 Å². The quantitative estimate of drug-likeness (QED) is 0.614. The fourth-order valence-corrected chi connectivity index (χ4v) is 6.39. The lowest BCUT2D eigenvalue weighted by molar-refractivity contribution is 0.0849.